The minimum Gasteiger partial charge on any atom is -0.354 e. The van der Waals surface area contributed by atoms with Gasteiger partial charge in [0.05, 0.1) is 6.54 Å². The van der Waals surface area contributed by atoms with E-state index in [0.717, 1.165) is 23.6 Å². The van der Waals surface area contributed by atoms with Crippen LogP contribution in [0.15, 0.2) is 17.4 Å². The van der Waals surface area contributed by atoms with Gasteiger partial charge in [-0.2, -0.15) is 11.8 Å². The topological polar surface area (TPSA) is 54.2 Å². The summed E-state index contributed by atoms with van der Waals surface area (Å²) in [6, 6.07) is 0.530. The lowest BCUT2D eigenvalue weighted by Gasteiger charge is -2.29. The smallest absolute Gasteiger partial charge is 0.191 e. The van der Waals surface area contributed by atoms with Gasteiger partial charge in [0.2, 0.25) is 0 Å². The molecule has 24 heavy (non-hydrogen) atoms. The van der Waals surface area contributed by atoms with Crippen LogP contribution < -0.4 is 10.6 Å². The molecule has 0 saturated heterocycles. The molecule has 0 radical (unpaired) electrons. The van der Waals surface area contributed by atoms with Crippen molar-refractivity contribution >= 4 is 41.7 Å². The van der Waals surface area contributed by atoms with Gasteiger partial charge in [-0.3, -0.25) is 4.99 Å². The van der Waals surface area contributed by atoms with Crippen LogP contribution in [0.4, 0.5) is 0 Å². The average Bonchev–Trinajstić information content (AvgIpc) is 2.98. The lowest BCUT2D eigenvalue weighted by Crippen LogP contribution is -2.45. The minimum atomic E-state index is 0. The molecule has 1 aromatic heterocycles. The van der Waals surface area contributed by atoms with Gasteiger partial charge >= 0.3 is 0 Å². The maximum Gasteiger partial charge on any atom is 0.191 e. The lowest BCUT2D eigenvalue weighted by atomic mass is 9.95. The fourth-order valence-electron chi connectivity index (χ4n) is 3.11. The molecule has 0 aliphatic heterocycles. The molecule has 1 aromatic rings. The Hall–Kier alpha value is -0.440. The number of halogens is 1. The Bertz CT molecular complexity index is 503. The zero-order valence-corrected chi connectivity index (χ0v) is 18.4. The van der Waals surface area contributed by atoms with Crippen LogP contribution >= 0.6 is 35.7 Å². The van der Waals surface area contributed by atoms with Gasteiger partial charge in [0, 0.05) is 37.3 Å². The molecule has 0 bridgehead atoms. The molecule has 1 fully saturated rings. The number of rotatable bonds is 6. The Morgan fingerprint density at radius 2 is 2.25 bits per heavy atom. The second kappa shape index (κ2) is 11.2. The number of guanidine groups is 1. The summed E-state index contributed by atoms with van der Waals surface area (Å²) in [5, 5.41) is 7.78. The third-order valence-corrected chi connectivity index (χ3v) is 5.40. The molecular formula is C17H32IN5S. The maximum absolute atomic E-state index is 4.46. The number of hydrogen-bond acceptors (Lipinski definition) is 3. The Kier molecular flexibility index (Phi) is 10.1. The SMILES string of the molecule is CN=C(NCc1nccn1CC(C)C)NC1CCCC(SC)C1.I. The highest BCUT2D eigenvalue weighted by Crippen LogP contribution is 2.26. The monoisotopic (exact) mass is 465 g/mol. The van der Waals surface area contributed by atoms with Crippen molar-refractivity contribution in [2.45, 2.75) is 63.9 Å². The summed E-state index contributed by atoms with van der Waals surface area (Å²) in [5.74, 6) is 2.56. The van der Waals surface area contributed by atoms with Crippen molar-refractivity contribution < 1.29 is 0 Å². The summed E-state index contributed by atoms with van der Waals surface area (Å²) < 4.78 is 2.22. The van der Waals surface area contributed by atoms with E-state index in [9.17, 15) is 0 Å². The Morgan fingerprint density at radius 3 is 2.92 bits per heavy atom. The number of hydrogen-bond donors (Lipinski definition) is 2. The molecular weight excluding hydrogens is 433 g/mol. The second-order valence-electron chi connectivity index (χ2n) is 6.68. The predicted molar refractivity (Wildman–Crippen MR) is 115 cm³/mol. The Labute approximate surface area is 167 Å². The highest BCUT2D eigenvalue weighted by atomic mass is 127. The molecule has 1 aliphatic rings. The molecule has 2 unspecified atom stereocenters. The molecule has 5 nitrogen and oxygen atoms in total. The van der Waals surface area contributed by atoms with E-state index in [0.29, 0.717) is 18.5 Å². The zero-order chi connectivity index (χ0) is 16.7. The highest BCUT2D eigenvalue weighted by Gasteiger charge is 2.21. The van der Waals surface area contributed by atoms with Gasteiger partial charge < -0.3 is 15.2 Å². The van der Waals surface area contributed by atoms with Gasteiger partial charge in [0.1, 0.15) is 5.82 Å². The fourth-order valence-corrected chi connectivity index (χ4v) is 3.93. The summed E-state index contributed by atoms with van der Waals surface area (Å²) in [7, 11) is 1.84. The number of imidazole rings is 1. The van der Waals surface area contributed by atoms with Crippen LogP contribution in [-0.4, -0.2) is 40.1 Å². The molecule has 0 spiro atoms. The molecule has 1 aliphatic carbocycles. The van der Waals surface area contributed by atoms with E-state index in [1.54, 1.807) is 0 Å². The molecule has 7 heteroatoms. The van der Waals surface area contributed by atoms with E-state index in [-0.39, 0.29) is 24.0 Å². The minimum absolute atomic E-state index is 0. The van der Waals surface area contributed by atoms with Gasteiger partial charge in [0.25, 0.3) is 0 Å². The number of thioether (sulfide) groups is 1. The first-order chi connectivity index (χ1) is 11.1. The first-order valence-electron chi connectivity index (χ1n) is 8.62. The first kappa shape index (κ1) is 21.6. The molecule has 2 atom stereocenters. The zero-order valence-electron chi connectivity index (χ0n) is 15.3. The van der Waals surface area contributed by atoms with Gasteiger partial charge in [-0.15, -0.1) is 24.0 Å². The molecule has 1 saturated carbocycles. The summed E-state index contributed by atoms with van der Waals surface area (Å²) in [5.41, 5.74) is 0. The average molecular weight is 465 g/mol. The van der Waals surface area contributed by atoms with Gasteiger partial charge in [-0.25, -0.2) is 4.98 Å². The Balaban J connectivity index is 0.00000288. The van der Waals surface area contributed by atoms with E-state index >= 15 is 0 Å². The van der Waals surface area contributed by atoms with Gasteiger partial charge in [0.15, 0.2) is 5.96 Å². The van der Waals surface area contributed by atoms with E-state index in [1.807, 2.05) is 25.0 Å². The van der Waals surface area contributed by atoms with Crippen molar-refractivity contribution in [3.8, 4) is 0 Å². The summed E-state index contributed by atoms with van der Waals surface area (Å²) >= 11 is 1.99. The molecule has 0 amide bonds. The number of aromatic nitrogens is 2. The maximum atomic E-state index is 4.46. The molecule has 1 heterocycles. The number of aliphatic imine (C=N–C) groups is 1. The fraction of sp³-hybridized carbons (Fsp3) is 0.765. The number of nitrogens with one attached hydrogen (secondary N) is 2. The predicted octanol–water partition coefficient (Wildman–Crippen LogP) is 3.50. The third-order valence-electron chi connectivity index (χ3n) is 4.30. The molecule has 0 aromatic carbocycles. The van der Waals surface area contributed by atoms with Crippen LogP contribution in [0.1, 0.15) is 45.4 Å². The largest absolute Gasteiger partial charge is 0.354 e. The van der Waals surface area contributed by atoms with Crippen molar-refractivity contribution in [2.24, 2.45) is 10.9 Å². The van der Waals surface area contributed by atoms with E-state index in [1.165, 1.54) is 25.7 Å². The standard InChI is InChI=1S/C17H31N5S.HI/c1-13(2)12-22-9-8-19-16(22)11-20-17(18-3)21-14-6-5-7-15(10-14)23-4;/h8-9,13-15H,5-7,10-12H2,1-4H3,(H2,18,20,21);1H. The van der Waals surface area contributed by atoms with Crippen molar-refractivity contribution in [1.82, 2.24) is 20.2 Å². The molecule has 2 rings (SSSR count). The van der Waals surface area contributed by atoms with E-state index in [2.05, 4.69) is 51.5 Å². The summed E-state index contributed by atoms with van der Waals surface area (Å²) in [6.07, 6.45) is 11.3. The van der Waals surface area contributed by atoms with E-state index < -0.39 is 0 Å². The van der Waals surface area contributed by atoms with Crippen molar-refractivity contribution in [2.75, 3.05) is 13.3 Å². The molecule has 138 valence electrons. The van der Waals surface area contributed by atoms with Crippen LogP contribution in [-0.2, 0) is 13.1 Å². The first-order valence-corrected chi connectivity index (χ1v) is 9.91. The van der Waals surface area contributed by atoms with Crippen LogP contribution in [0.5, 0.6) is 0 Å². The normalized spacial score (nSPS) is 21.5. The molecule has 2 N–H and O–H groups in total. The van der Waals surface area contributed by atoms with Gasteiger partial charge in [-0.1, -0.05) is 20.3 Å². The third kappa shape index (κ3) is 6.82. The highest BCUT2D eigenvalue weighted by molar-refractivity contribution is 14.0. The van der Waals surface area contributed by atoms with Gasteiger partial charge in [-0.05, 0) is 31.4 Å². The van der Waals surface area contributed by atoms with E-state index in [4.69, 9.17) is 0 Å². The summed E-state index contributed by atoms with van der Waals surface area (Å²) in [4.78, 5) is 8.84. The van der Waals surface area contributed by atoms with Crippen LogP contribution in [0.2, 0.25) is 0 Å². The summed E-state index contributed by atoms with van der Waals surface area (Å²) in [6.45, 7) is 6.16. The lowest BCUT2D eigenvalue weighted by molar-refractivity contribution is 0.418. The van der Waals surface area contributed by atoms with Crippen molar-refractivity contribution in [1.29, 1.82) is 0 Å². The van der Waals surface area contributed by atoms with Crippen molar-refractivity contribution in [3.63, 3.8) is 0 Å². The quantitative estimate of drug-likeness (QED) is 0.384. The van der Waals surface area contributed by atoms with Crippen LogP contribution in [0.3, 0.4) is 0 Å². The Morgan fingerprint density at radius 1 is 1.46 bits per heavy atom. The van der Waals surface area contributed by atoms with Crippen LogP contribution in [0.25, 0.3) is 0 Å². The second-order valence-corrected chi connectivity index (χ2v) is 7.82. The van der Waals surface area contributed by atoms with Crippen LogP contribution in [0, 0.1) is 5.92 Å². The van der Waals surface area contributed by atoms with Crippen molar-refractivity contribution in [3.05, 3.63) is 18.2 Å². The number of nitrogens with zero attached hydrogens (tertiary/aromatic N) is 3.